The molecule has 0 aliphatic heterocycles. The summed E-state index contributed by atoms with van der Waals surface area (Å²) in [4.78, 5) is 0. The van der Waals surface area contributed by atoms with Gasteiger partial charge in [-0.05, 0) is 19.3 Å². The first-order valence-electron chi connectivity index (χ1n) is 6.03. The van der Waals surface area contributed by atoms with Gasteiger partial charge < -0.3 is 4.74 Å². The SMILES string of the molecule is N#CC1(CCOCC(F)(F)F)CCCCCC1. The van der Waals surface area contributed by atoms with E-state index in [4.69, 9.17) is 0 Å². The molecular weight excluding hydrogens is 231 g/mol. The van der Waals surface area contributed by atoms with E-state index in [0.29, 0.717) is 6.42 Å². The molecule has 98 valence electrons. The van der Waals surface area contributed by atoms with Crippen molar-refractivity contribution < 1.29 is 17.9 Å². The summed E-state index contributed by atoms with van der Waals surface area (Å²) in [5, 5.41) is 9.20. The molecule has 0 saturated heterocycles. The van der Waals surface area contributed by atoms with Gasteiger partial charge in [0, 0.05) is 6.61 Å². The molecule has 0 aromatic heterocycles. The van der Waals surface area contributed by atoms with Gasteiger partial charge in [0.25, 0.3) is 0 Å². The predicted octanol–water partition coefficient (Wildman–Crippen LogP) is 3.82. The lowest BCUT2D eigenvalue weighted by Gasteiger charge is -2.24. The van der Waals surface area contributed by atoms with Crippen LogP contribution in [0.1, 0.15) is 44.9 Å². The van der Waals surface area contributed by atoms with Crippen LogP contribution in [-0.2, 0) is 4.74 Å². The van der Waals surface area contributed by atoms with Crippen molar-refractivity contribution in [3.8, 4) is 6.07 Å². The van der Waals surface area contributed by atoms with Gasteiger partial charge in [-0.15, -0.1) is 0 Å². The van der Waals surface area contributed by atoms with Gasteiger partial charge in [0.05, 0.1) is 11.5 Å². The van der Waals surface area contributed by atoms with Gasteiger partial charge in [-0.1, -0.05) is 25.7 Å². The normalized spacial score (nSPS) is 20.6. The zero-order chi connectivity index (χ0) is 12.8. The summed E-state index contributed by atoms with van der Waals surface area (Å²) < 4.78 is 40.2. The lowest BCUT2D eigenvalue weighted by atomic mass is 9.79. The van der Waals surface area contributed by atoms with Crippen LogP contribution >= 0.6 is 0 Å². The summed E-state index contributed by atoms with van der Waals surface area (Å²) in [6.07, 6.45) is 1.94. The summed E-state index contributed by atoms with van der Waals surface area (Å²) >= 11 is 0. The molecule has 0 aromatic carbocycles. The molecule has 1 aliphatic carbocycles. The summed E-state index contributed by atoms with van der Waals surface area (Å²) in [5.41, 5.74) is -0.456. The van der Waals surface area contributed by atoms with Crippen LogP contribution in [0.25, 0.3) is 0 Å². The number of hydrogen-bond donors (Lipinski definition) is 0. The Morgan fingerprint density at radius 2 is 1.71 bits per heavy atom. The second-order valence-corrected chi connectivity index (χ2v) is 4.72. The number of rotatable bonds is 4. The molecule has 0 unspecified atom stereocenters. The average molecular weight is 249 g/mol. The van der Waals surface area contributed by atoms with Gasteiger partial charge in [-0.25, -0.2) is 0 Å². The highest BCUT2D eigenvalue weighted by Gasteiger charge is 2.32. The van der Waals surface area contributed by atoms with Crippen LogP contribution in [0.2, 0.25) is 0 Å². The van der Waals surface area contributed by atoms with Crippen molar-refractivity contribution in [1.82, 2.24) is 0 Å². The fraction of sp³-hybridized carbons (Fsp3) is 0.917. The highest BCUT2D eigenvalue weighted by Crippen LogP contribution is 2.37. The van der Waals surface area contributed by atoms with Gasteiger partial charge in [-0.2, -0.15) is 18.4 Å². The summed E-state index contributed by atoms with van der Waals surface area (Å²) in [7, 11) is 0. The van der Waals surface area contributed by atoms with Crippen molar-refractivity contribution in [2.45, 2.75) is 51.1 Å². The molecule has 1 fully saturated rings. The second kappa shape index (κ2) is 6.25. The summed E-state index contributed by atoms with van der Waals surface area (Å²) in [6.45, 7) is -1.19. The molecule has 1 aliphatic rings. The lowest BCUT2D eigenvalue weighted by molar-refractivity contribution is -0.175. The fourth-order valence-electron chi connectivity index (χ4n) is 2.28. The quantitative estimate of drug-likeness (QED) is 0.560. The number of alkyl halides is 3. The minimum absolute atomic E-state index is 0.0209. The van der Waals surface area contributed by atoms with Crippen molar-refractivity contribution in [3.63, 3.8) is 0 Å². The van der Waals surface area contributed by atoms with E-state index in [2.05, 4.69) is 10.8 Å². The second-order valence-electron chi connectivity index (χ2n) is 4.72. The highest BCUT2D eigenvalue weighted by atomic mass is 19.4. The minimum atomic E-state index is -4.27. The molecule has 0 aromatic rings. The Bertz CT molecular complexity index is 262. The van der Waals surface area contributed by atoms with E-state index < -0.39 is 18.2 Å². The molecule has 17 heavy (non-hydrogen) atoms. The first-order valence-corrected chi connectivity index (χ1v) is 6.03. The number of ether oxygens (including phenoxy) is 1. The molecule has 0 atom stereocenters. The average Bonchev–Trinajstić information content (AvgIpc) is 2.49. The molecule has 0 heterocycles. The number of nitrogens with zero attached hydrogens (tertiary/aromatic N) is 1. The van der Waals surface area contributed by atoms with Crippen LogP contribution in [0.15, 0.2) is 0 Å². The summed E-state index contributed by atoms with van der Waals surface area (Å²) in [6, 6.07) is 2.29. The molecular formula is C12H18F3NO. The minimum Gasteiger partial charge on any atom is -0.372 e. The Kier molecular flexibility index (Phi) is 5.26. The number of halogens is 3. The van der Waals surface area contributed by atoms with Crippen molar-refractivity contribution in [3.05, 3.63) is 0 Å². The molecule has 5 heteroatoms. The van der Waals surface area contributed by atoms with Gasteiger partial charge >= 0.3 is 6.18 Å². The lowest BCUT2D eigenvalue weighted by Crippen LogP contribution is -2.23. The molecule has 0 amide bonds. The van der Waals surface area contributed by atoms with Crippen LogP contribution in [0.5, 0.6) is 0 Å². The van der Waals surface area contributed by atoms with Crippen LogP contribution in [-0.4, -0.2) is 19.4 Å². The Morgan fingerprint density at radius 3 is 2.18 bits per heavy atom. The molecule has 0 N–H and O–H groups in total. The number of nitriles is 1. The first-order chi connectivity index (χ1) is 7.97. The fourth-order valence-corrected chi connectivity index (χ4v) is 2.28. The van der Waals surface area contributed by atoms with Crippen LogP contribution in [0.4, 0.5) is 13.2 Å². The van der Waals surface area contributed by atoms with Crippen molar-refractivity contribution in [2.24, 2.45) is 5.41 Å². The first kappa shape index (κ1) is 14.3. The van der Waals surface area contributed by atoms with E-state index in [1.165, 1.54) is 0 Å². The summed E-state index contributed by atoms with van der Waals surface area (Å²) in [5.74, 6) is 0. The zero-order valence-electron chi connectivity index (χ0n) is 9.85. The van der Waals surface area contributed by atoms with Crippen molar-refractivity contribution in [1.29, 1.82) is 5.26 Å². The van der Waals surface area contributed by atoms with Gasteiger partial charge in [0.2, 0.25) is 0 Å². The third kappa shape index (κ3) is 5.40. The monoisotopic (exact) mass is 249 g/mol. The zero-order valence-corrected chi connectivity index (χ0v) is 9.85. The van der Waals surface area contributed by atoms with Crippen molar-refractivity contribution in [2.75, 3.05) is 13.2 Å². The van der Waals surface area contributed by atoms with E-state index in [-0.39, 0.29) is 6.61 Å². The molecule has 2 nitrogen and oxygen atoms in total. The third-order valence-electron chi connectivity index (χ3n) is 3.29. The number of hydrogen-bond acceptors (Lipinski definition) is 2. The molecule has 0 radical (unpaired) electrons. The van der Waals surface area contributed by atoms with E-state index in [1.54, 1.807) is 0 Å². The maximum absolute atomic E-state index is 11.9. The molecule has 1 rings (SSSR count). The van der Waals surface area contributed by atoms with Crippen LogP contribution < -0.4 is 0 Å². The molecule has 0 bridgehead atoms. The van der Waals surface area contributed by atoms with Crippen LogP contribution in [0, 0.1) is 16.7 Å². The molecule has 0 spiro atoms. The van der Waals surface area contributed by atoms with Gasteiger partial charge in [0.15, 0.2) is 0 Å². The standard InChI is InChI=1S/C12H18F3NO/c13-12(14,15)10-17-8-7-11(9-16)5-3-1-2-4-6-11/h1-8,10H2. The van der Waals surface area contributed by atoms with E-state index in [9.17, 15) is 18.4 Å². The third-order valence-corrected chi connectivity index (χ3v) is 3.29. The van der Waals surface area contributed by atoms with Gasteiger partial charge in [-0.3, -0.25) is 0 Å². The smallest absolute Gasteiger partial charge is 0.372 e. The Balaban J connectivity index is 2.34. The van der Waals surface area contributed by atoms with Gasteiger partial charge in [0.1, 0.15) is 6.61 Å². The van der Waals surface area contributed by atoms with E-state index in [0.717, 1.165) is 38.5 Å². The van der Waals surface area contributed by atoms with E-state index in [1.807, 2.05) is 0 Å². The van der Waals surface area contributed by atoms with Crippen LogP contribution in [0.3, 0.4) is 0 Å². The Morgan fingerprint density at radius 1 is 1.12 bits per heavy atom. The Hall–Kier alpha value is -0.760. The highest BCUT2D eigenvalue weighted by molar-refractivity contribution is 4.99. The molecule has 1 saturated carbocycles. The maximum Gasteiger partial charge on any atom is 0.411 e. The van der Waals surface area contributed by atoms with Crippen molar-refractivity contribution >= 4 is 0 Å². The van der Waals surface area contributed by atoms with E-state index >= 15 is 0 Å². The maximum atomic E-state index is 11.9. The topological polar surface area (TPSA) is 33.0 Å². The largest absolute Gasteiger partial charge is 0.411 e. The predicted molar refractivity (Wildman–Crippen MR) is 57.2 cm³/mol. The Labute approximate surface area is 99.8 Å².